The number of carbonyl (C=O) groups is 3. The van der Waals surface area contributed by atoms with Gasteiger partial charge in [0.05, 0.1) is 5.92 Å². The molecule has 2 amide bonds. The molecule has 3 N–H and O–H groups in total. The molecule has 0 aromatic heterocycles. The third-order valence-electron chi connectivity index (χ3n) is 6.39. The first kappa shape index (κ1) is 26.3. The fraction of sp³-hybridized carbons (Fsp3) is 0.464. The lowest BCUT2D eigenvalue weighted by Gasteiger charge is -2.20. The highest BCUT2D eigenvalue weighted by Gasteiger charge is 2.29. The minimum Gasteiger partial charge on any atom is -0.481 e. The number of alkyl carbamates (subject to hydrolysis) is 1. The minimum absolute atomic E-state index is 0.0324. The average Bonchev–Trinajstić information content (AvgIpc) is 3.14. The molecule has 0 spiro atoms. The largest absolute Gasteiger partial charge is 0.481 e. The second-order valence-electron chi connectivity index (χ2n) is 9.63. The van der Waals surface area contributed by atoms with Crippen LogP contribution in [0.2, 0.25) is 0 Å². The van der Waals surface area contributed by atoms with E-state index < -0.39 is 18.0 Å². The van der Waals surface area contributed by atoms with E-state index in [2.05, 4.69) is 34.9 Å². The summed E-state index contributed by atoms with van der Waals surface area (Å²) in [5, 5.41) is 14.9. The van der Waals surface area contributed by atoms with E-state index in [9.17, 15) is 19.5 Å². The summed E-state index contributed by atoms with van der Waals surface area (Å²) in [5.41, 5.74) is 4.60. The number of aliphatic carboxylic acids is 1. The van der Waals surface area contributed by atoms with Crippen LogP contribution < -0.4 is 10.6 Å². The molecule has 2 atom stereocenters. The van der Waals surface area contributed by atoms with Gasteiger partial charge in [-0.1, -0.05) is 75.7 Å². The SMILES string of the molecule is CCCC(CC(=O)NCC(CC(C)C)C(=O)O)NC(=O)OCC1c2ccccc2-c2ccccc21. The van der Waals surface area contributed by atoms with Gasteiger partial charge in [0.25, 0.3) is 0 Å². The van der Waals surface area contributed by atoms with Crippen molar-refractivity contribution in [3.63, 3.8) is 0 Å². The van der Waals surface area contributed by atoms with Crippen LogP contribution in [0.25, 0.3) is 11.1 Å². The molecule has 0 fully saturated rings. The van der Waals surface area contributed by atoms with E-state index in [1.165, 1.54) is 0 Å². The molecule has 2 unspecified atom stereocenters. The number of benzene rings is 2. The third-order valence-corrected chi connectivity index (χ3v) is 6.39. The van der Waals surface area contributed by atoms with Gasteiger partial charge in [0.15, 0.2) is 0 Å². The van der Waals surface area contributed by atoms with Gasteiger partial charge < -0.3 is 20.5 Å². The molecule has 0 radical (unpaired) electrons. The lowest BCUT2D eigenvalue weighted by atomic mass is 9.97. The number of carbonyl (C=O) groups excluding carboxylic acids is 2. The van der Waals surface area contributed by atoms with Crippen molar-refractivity contribution in [3.05, 3.63) is 59.7 Å². The van der Waals surface area contributed by atoms with Crippen molar-refractivity contribution in [3.8, 4) is 11.1 Å². The highest BCUT2D eigenvalue weighted by molar-refractivity contribution is 5.80. The number of carboxylic acids is 1. The Balaban J connectivity index is 1.54. The summed E-state index contributed by atoms with van der Waals surface area (Å²) in [7, 11) is 0. The van der Waals surface area contributed by atoms with Crippen LogP contribution in [-0.2, 0) is 14.3 Å². The highest BCUT2D eigenvalue weighted by Crippen LogP contribution is 2.44. The van der Waals surface area contributed by atoms with E-state index in [0.717, 1.165) is 28.7 Å². The van der Waals surface area contributed by atoms with Crippen LogP contribution in [0.5, 0.6) is 0 Å². The predicted octanol–water partition coefficient (Wildman–Crippen LogP) is 4.95. The molecule has 2 aromatic rings. The molecular formula is C28H36N2O5. The molecule has 0 bridgehead atoms. The van der Waals surface area contributed by atoms with Crippen molar-refractivity contribution in [1.82, 2.24) is 10.6 Å². The van der Waals surface area contributed by atoms with Gasteiger partial charge in [-0.05, 0) is 41.0 Å². The monoisotopic (exact) mass is 480 g/mol. The first-order valence-corrected chi connectivity index (χ1v) is 12.4. The van der Waals surface area contributed by atoms with Crippen molar-refractivity contribution in [2.75, 3.05) is 13.2 Å². The molecule has 3 rings (SSSR count). The maximum Gasteiger partial charge on any atom is 0.407 e. The summed E-state index contributed by atoms with van der Waals surface area (Å²) in [4.78, 5) is 36.5. The number of ether oxygens (including phenoxy) is 1. The van der Waals surface area contributed by atoms with Crippen LogP contribution >= 0.6 is 0 Å². The van der Waals surface area contributed by atoms with E-state index in [1.807, 2.05) is 45.0 Å². The van der Waals surface area contributed by atoms with Crippen LogP contribution in [0.4, 0.5) is 4.79 Å². The molecule has 2 aromatic carbocycles. The Bertz CT molecular complexity index is 990. The molecule has 1 aliphatic carbocycles. The zero-order valence-corrected chi connectivity index (χ0v) is 20.8. The number of hydrogen-bond donors (Lipinski definition) is 3. The molecule has 1 aliphatic rings. The summed E-state index contributed by atoms with van der Waals surface area (Å²) in [6.07, 6.45) is 1.41. The number of carboxylic acid groups (broad SMARTS) is 1. The van der Waals surface area contributed by atoms with Crippen molar-refractivity contribution in [2.24, 2.45) is 11.8 Å². The molecule has 188 valence electrons. The molecule has 0 aliphatic heterocycles. The Kier molecular flexibility index (Phi) is 9.29. The number of hydrogen-bond acceptors (Lipinski definition) is 4. The summed E-state index contributed by atoms with van der Waals surface area (Å²) < 4.78 is 5.61. The van der Waals surface area contributed by atoms with Gasteiger partial charge in [-0.3, -0.25) is 9.59 Å². The van der Waals surface area contributed by atoms with Gasteiger partial charge >= 0.3 is 12.1 Å². The smallest absolute Gasteiger partial charge is 0.407 e. The highest BCUT2D eigenvalue weighted by atomic mass is 16.5. The van der Waals surface area contributed by atoms with Crippen molar-refractivity contribution in [1.29, 1.82) is 0 Å². The quantitative estimate of drug-likeness (QED) is 0.399. The standard InChI is InChI=1S/C28H36N2O5/c1-4-9-20(15-26(31)29-16-19(27(32)33)14-18(2)3)30-28(34)35-17-25-23-12-7-5-10-21(23)22-11-6-8-13-24(22)25/h5-8,10-13,18-20,25H,4,9,14-17H2,1-3H3,(H,29,31)(H,30,34)(H,32,33). The second kappa shape index (κ2) is 12.4. The molecular weight excluding hydrogens is 444 g/mol. The second-order valence-corrected chi connectivity index (χ2v) is 9.63. The molecule has 0 heterocycles. The Morgan fingerprint density at radius 2 is 1.60 bits per heavy atom. The van der Waals surface area contributed by atoms with Crippen LogP contribution in [0.1, 0.15) is 63.5 Å². The summed E-state index contributed by atoms with van der Waals surface area (Å²) in [6, 6.07) is 15.9. The van der Waals surface area contributed by atoms with Crippen LogP contribution in [0, 0.1) is 11.8 Å². The van der Waals surface area contributed by atoms with Crippen LogP contribution in [0.3, 0.4) is 0 Å². The van der Waals surface area contributed by atoms with E-state index in [-0.39, 0.29) is 43.4 Å². The molecule has 0 saturated heterocycles. The number of amides is 2. The normalized spacial score (nSPS) is 14.1. The molecule has 0 saturated carbocycles. The Morgan fingerprint density at radius 1 is 1.00 bits per heavy atom. The van der Waals surface area contributed by atoms with Gasteiger partial charge in [-0.15, -0.1) is 0 Å². The predicted molar refractivity (Wildman–Crippen MR) is 135 cm³/mol. The topological polar surface area (TPSA) is 105 Å². The fourth-order valence-electron chi connectivity index (χ4n) is 4.75. The maximum absolute atomic E-state index is 12.6. The number of nitrogens with one attached hydrogen (secondary N) is 2. The fourth-order valence-corrected chi connectivity index (χ4v) is 4.75. The van der Waals surface area contributed by atoms with Crippen molar-refractivity contribution < 1.29 is 24.2 Å². The molecule has 7 heteroatoms. The van der Waals surface area contributed by atoms with Gasteiger partial charge in [0.2, 0.25) is 5.91 Å². The van der Waals surface area contributed by atoms with Gasteiger partial charge in [0, 0.05) is 24.9 Å². The zero-order chi connectivity index (χ0) is 25.4. The van der Waals surface area contributed by atoms with Gasteiger partial charge in [-0.25, -0.2) is 4.79 Å². The summed E-state index contributed by atoms with van der Waals surface area (Å²) >= 11 is 0. The average molecular weight is 481 g/mol. The maximum atomic E-state index is 12.6. The zero-order valence-electron chi connectivity index (χ0n) is 20.8. The number of rotatable bonds is 12. The Morgan fingerprint density at radius 3 is 2.14 bits per heavy atom. The van der Waals surface area contributed by atoms with E-state index >= 15 is 0 Å². The first-order valence-electron chi connectivity index (χ1n) is 12.4. The lowest BCUT2D eigenvalue weighted by Crippen LogP contribution is -2.41. The minimum atomic E-state index is -0.916. The van der Waals surface area contributed by atoms with Gasteiger partial charge in [-0.2, -0.15) is 0 Å². The van der Waals surface area contributed by atoms with Gasteiger partial charge in [0.1, 0.15) is 6.61 Å². The van der Waals surface area contributed by atoms with Crippen LogP contribution in [-0.4, -0.2) is 42.3 Å². The van der Waals surface area contributed by atoms with E-state index in [0.29, 0.717) is 12.8 Å². The van der Waals surface area contributed by atoms with Crippen molar-refractivity contribution in [2.45, 2.75) is 58.4 Å². The third kappa shape index (κ3) is 7.07. The number of fused-ring (bicyclic) bond motifs is 3. The van der Waals surface area contributed by atoms with Crippen LogP contribution in [0.15, 0.2) is 48.5 Å². The van der Waals surface area contributed by atoms with E-state index in [1.54, 1.807) is 0 Å². The molecule has 7 nitrogen and oxygen atoms in total. The summed E-state index contributed by atoms with van der Waals surface area (Å²) in [6.45, 7) is 6.17. The lowest BCUT2D eigenvalue weighted by molar-refractivity contribution is -0.142. The van der Waals surface area contributed by atoms with Crippen molar-refractivity contribution >= 4 is 18.0 Å². The Hall–Kier alpha value is -3.35. The summed E-state index contributed by atoms with van der Waals surface area (Å²) in [5.74, 6) is -1.64. The first-order chi connectivity index (χ1) is 16.8. The molecule has 35 heavy (non-hydrogen) atoms. The Labute approximate surface area is 207 Å². The van der Waals surface area contributed by atoms with E-state index in [4.69, 9.17) is 4.74 Å².